The summed E-state index contributed by atoms with van der Waals surface area (Å²) in [7, 11) is 1.52. The van der Waals surface area contributed by atoms with Gasteiger partial charge in [0.2, 0.25) is 0 Å². The number of aliphatic hydroxyl groups excluding tert-OH is 1. The van der Waals surface area contributed by atoms with Gasteiger partial charge >= 0.3 is 0 Å². The maximum absolute atomic E-state index is 13.2. The molecule has 0 unspecified atom stereocenters. The largest absolute Gasteiger partial charge is 0.504 e. The van der Waals surface area contributed by atoms with Gasteiger partial charge in [-0.25, -0.2) is 0 Å². The molecule has 0 aliphatic heterocycles. The van der Waals surface area contributed by atoms with Gasteiger partial charge in [0.05, 0.1) is 13.2 Å². The van der Waals surface area contributed by atoms with Gasteiger partial charge in [0, 0.05) is 12.8 Å². The summed E-state index contributed by atoms with van der Waals surface area (Å²) in [6, 6.07) is 10.2. The van der Waals surface area contributed by atoms with E-state index in [1.807, 2.05) is 18.2 Å². The third-order valence-corrected chi connectivity index (χ3v) is 7.79. The molecule has 2 atom stereocenters. The highest BCUT2D eigenvalue weighted by Gasteiger charge is 2.37. The number of aromatic hydroxyl groups is 3. The van der Waals surface area contributed by atoms with Gasteiger partial charge in [-0.05, 0) is 72.4 Å². The summed E-state index contributed by atoms with van der Waals surface area (Å²) in [5.74, 6) is 0.201. The lowest BCUT2D eigenvalue weighted by Gasteiger charge is -2.39. The van der Waals surface area contributed by atoms with Crippen LogP contribution in [0.15, 0.2) is 36.4 Å². The van der Waals surface area contributed by atoms with Gasteiger partial charge in [-0.3, -0.25) is 4.79 Å². The van der Waals surface area contributed by atoms with Crippen molar-refractivity contribution in [3.8, 4) is 23.0 Å². The van der Waals surface area contributed by atoms with Crippen molar-refractivity contribution in [1.29, 1.82) is 0 Å². The Labute approximate surface area is 215 Å². The number of rotatable bonds is 13. The first kappa shape index (κ1) is 27.9. The SMILES string of the molecule is CCCCC[C@H](CC(=O)C[C@H](O)CC1(c2ccc(O)c(O)c2)CCCCC1)c1ccc(O)c(OC)c1. The van der Waals surface area contributed by atoms with Gasteiger partial charge in [-0.15, -0.1) is 0 Å². The minimum Gasteiger partial charge on any atom is -0.504 e. The second-order valence-electron chi connectivity index (χ2n) is 10.5. The van der Waals surface area contributed by atoms with Crippen LogP contribution in [0.5, 0.6) is 23.0 Å². The quantitative estimate of drug-likeness (QED) is 0.186. The molecular weight excluding hydrogens is 456 g/mol. The molecule has 2 aromatic rings. The van der Waals surface area contributed by atoms with E-state index < -0.39 is 6.10 Å². The molecular formula is C30H42O6. The Hall–Kier alpha value is -2.73. The number of phenols is 3. The second kappa shape index (κ2) is 13.0. The zero-order valence-electron chi connectivity index (χ0n) is 21.7. The molecule has 0 bridgehead atoms. The topological polar surface area (TPSA) is 107 Å². The standard InChI is InChI=1S/C30H42O6/c1-3-4-6-9-21(22-10-12-27(34)29(17-22)36-2)16-24(31)19-25(32)20-30(14-7-5-8-15-30)23-11-13-26(33)28(35)18-23/h10-13,17-18,21,25,32-35H,3-9,14-16,19-20H2,1-2H3/t21-,25+/m1/s1. The number of ketones is 1. The average molecular weight is 499 g/mol. The number of hydrogen-bond acceptors (Lipinski definition) is 6. The van der Waals surface area contributed by atoms with E-state index in [2.05, 4.69) is 6.92 Å². The number of aliphatic hydroxyl groups is 1. The van der Waals surface area contributed by atoms with E-state index in [1.54, 1.807) is 12.1 Å². The zero-order valence-corrected chi connectivity index (χ0v) is 21.7. The molecule has 0 radical (unpaired) electrons. The first-order chi connectivity index (χ1) is 17.3. The molecule has 3 rings (SSSR count). The summed E-state index contributed by atoms with van der Waals surface area (Å²) in [5.41, 5.74) is 1.57. The van der Waals surface area contributed by atoms with Crippen LogP contribution < -0.4 is 4.74 Å². The predicted molar refractivity (Wildman–Crippen MR) is 141 cm³/mol. The van der Waals surface area contributed by atoms with E-state index >= 15 is 0 Å². The van der Waals surface area contributed by atoms with Crippen LogP contribution in [0.3, 0.4) is 0 Å². The molecule has 1 saturated carbocycles. The fourth-order valence-electron chi connectivity index (χ4n) is 5.81. The molecule has 1 aliphatic rings. The first-order valence-corrected chi connectivity index (χ1v) is 13.4. The van der Waals surface area contributed by atoms with E-state index in [1.165, 1.54) is 13.2 Å². The van der Waals surface area contributed by atoms with Crippen molar-refractivity contribution < 1.29 is 30.0 Å². The molecule has 6 heteroatoms. The molecule has 0 saturated heterocycles. The number of benzene rings is 2. The van der Waals surface area contributed by atoms with Crippen LogP contribution in [0.1, 0.15) is 101 Å². The maximum atomic E-state index is 13.2. The average Bonchev–Trinajstić information content (AvgIpc) is 2.86. The van der Waals surface area contributed by atoms with Crippen LogP contribution in [0.25, 0.3) is 0 Å². The second-order valence-corrected chi connectivity index (χ2v) is 10.5. The number of carbonyl (C=O) groups excluding carboxylic acids is 1. The molecule has 198 valence electrons. The van der Waals surface area contributed by atoms with Crippen LogP contribution in [0.2, 0.25) is 0 Å². The lowest BCUT2D eigenvalue weighted by atomic mass is 9.66. The van der Waals surface area contributed by atoms with Gasteiger partial charge < -0.3 is 25.2 Å². The van der Waals surface area contributed by atoms with Crippen molar-refractivity contribution >= 4 is 5.78 Å². The number of Topliss-reactive ketones (excluding diaryl/α,β-unsaturated/α-hetero) is 1. The molecule has 36 heavy (non-hydrogen) atoms. The Morgan fingerprint density at radius 1 is 0.944 bits per heavy atom. The number of carbonyl (C=O) groups is 1. The highest BCUT2D eigenvalue weighted by Crippen LogP contribution is 2.45. The van der Waals surface area contributed by atoms with Crippen LogP contribution in [0, 0.1) is 0 Å². The minimum absolute atomic E-state index is 0.00318. The fraction of sp³-hybridized carbons (Fsp3) is 0.567. The molecule has 1 aliphatic carbocycles. The first-order valence-electron chi connectivity index (χ1n) is 13.4. The van der Waals surface area contributed by atoms with Crippen molar-refractivity contribution in [1.82, 2.24) is 0 Å². The van der Waals surface area contributed by atoms with Crippen LogP contribution in [0.4, 0.5) is 0 Å². The maximum Gasteiger partial charge on any atom is 0.160 e. The van der Waals surface area contributed by atoms with Crippen LogP contribution in [-0.2, 0) is 10.2 Å². The Balaban J connectivity index is 1.71. The number of hydrogen-bond donors (Lipinski definition) is 4. The molecule has 0 spiro atoms. The smallest absolute Gasteiger partial charge is 0.160 e. The van der Waals surface area contributed by atoms with Crippen molar-refractivity contribution in [3.05, 3.63) is 47.5 Å². The van der Waals surface area contributed by atoms with E-state index in [0.29, 0.717) is 18.6 Å². The van der Waals surface area contributed by atoms with E-state index in [4.69, 9.17) is 4.74 Å². The van der Waals surface area contributed by atoms with Crippen LogP contribution in [-0.4, -0.2) is 39.4 Å². The molecule has 2 aromatic carbocycles. The fourth-order valence-corrected chi connectivity index (χ4v) is 5.81. The molecule has 4 N–H and O–H groups in total. The van der Waals surface area contributed by atoms with Gasteiger partial charge in [-0.2, -0.15) is 0 Å². The summed E-state index contributed by atoms with van der Waals surface area (Å²) in [5, 5.41) is 40.9. The molecule has 6 nitrogen and oxygen atoms in total. The Morgan fingerprint density at radius 3 is 2.33 bits per heavy atom. The molecule has 0 amide bonds. The van der Waals surface area contributed by atoms with Gasteiger partial charge in [-0.1, -0.05) is 57.6 Å². The summed E-state index contributed by atoms with van der Waals surface area (Å²) in [6.45, 7) is 2.15. The summed E-state index contributed by atoms with van der Waals surface area (Å²) in [6.07, 6.45) is 9.11. The van der Waals surface area contributed by atoms with E-state index in [-0.39, 0.29) is 40.8 Å². The summed E-state index contributed by atoms with van der Waals surface area (Å²) < 4.78 is 5.28. The minimum atomic E-state index is -0.780. The van der Waals surface area contributed by atoms with Crippen molar-refractivity contribution in [2.45, 2.75) is 101 Å². The molecule has 0 aromatic heterocycles. The number of phenolic OH excluding ortho intramolecular Hbond substituents is 3. The predicted octanol–water partition coefficient (Wildman–Crippen LogP) is 6.48. The summed E-state index contributed by atoms with van der Waals surface area (Å²) in [4.78, 5) is 13.2. The normalized spacial score (nSPS) is 16.9. The lowest BCUT2D eigenvalue weighted by molar-refractivity contribution is -0.121. The van der Waals surface area contributed by atoms with Gasteiger partial charge in [0.25, 0.3) is 0 Å². The third kappa shape index (κ3) is 7.16. The Kier molecular flexibility index (Phi) is 10.1. The molecule has 1 fully saturated rings. The van der Waals surface area contributed by atoms with Crippen molar-refractivity contribution in [3.63, 3.8) is 0 Å². The lowest BCUT2D eigenvalue weighted by Crippen LogP contribution is -2.34. The summed E-state index contributed by atoms with van der Waals surface area (Å²) >= 11 is 0. The highest BCUT2D eigenvalue weighted by atomic mass is 16.5. The van der Waals surface area contributed by atoms with Crippen molar-refractivity contribution in [2.75, 3.05) is 7.11 Å². The third-order valence-electron chi connectivity index (χ3n) is 7.79. The van der Waals surface area contributed by atoms with Gasteiger partial charge in [0.1, 0.15) is 5.78 Å². The highest BCUT2D eigenvalue weighted by molar-refractivity contribution is 5.79. The monoisotopic (exact) mass is 498 g/mol. The van der Waals surface area contributed by atoms with Gasteiger partial charge in [0.15, 0.2) is 23.0 Å². The van der Waals surface area contributed by atoms with E-state index in [0.717, 1.165) is 68.9 Å². The Morgan fingerprint density at radius 2 is 1.67 bits per heavy atom. The van der Waals surface area contributed by atoms with Crippen molar-refractivity contribution in [2.24, 2.45) is 0 Å². The number of methoxy groups -OCH3 is 1. The van der Waals surface area contributed by atoms with Crippen LogP contribution >= 0.6 is 0 Å². The zero-order chi connectivity index (χ0) is 26.1. The Bertz CT molecular complexity index is 995. The molecule has 0 heterocycles. The van der Waals surface area contributed by atoms with E-state index in [9.17, 15) is 25.2 Å². The number of unbranched alkanes of at least 4 members (excludes halogenated alkanes) is 2. The number of ether oxygens (including phenoxy) is 1.